The Morgan fingerprint density at radius 2 is 0.917 bits per heavy atom. The van der Waals surface area contributed by atoms with Gasteiger partial charge in [0.05, 0.1) is 23.5 Å². The van der Waals surface area contributed by atoms with Crippen molar-refractivity contribution in [2.24, 2.45) is 0 Å². The van der Waals surface area contributed by atoms with E-state index in [9.17, 15) is 15.0 Å². The second kappa shape index (κ2) is 14.1. The van der Waals surface area contributed by atoms with E-state index < -0.39 is 24.3 Å². The Morgan fingerprint density at radius 1 is 0.521 bits per heavy atom. The number of nitrogens with one attached hydrogen (secondary N) is 2. The number of aliphatic hydroxyl groups excluding tert-OH is 2. The Hall–Kier alpha value is -5.51. The van der Waals surface area contributed by atoms with Gasteiger partial charge in [-0.05, 0) is 58.4 Å². The zero-order valence-corrected chi connectivity index (χ0v) is 26.4. The molecule has 4 atom stereocenters. The monoisotopic (exact) mass is 638 g/mol. The summed E-state index contributed by atoms with van der Waals surface area (Å²) < 4.78 is 0. The Kier molecular flexibility index (Phi) is 9.13. The average molecular weight is 639 g/mol. The maximum Gasteiger partial charge on any atom is 0.321 e. The van der Waals surface area contributed by atoms with Crippen LogP contribution in [0.5, 0.6) is 0 Å². The van der Waals surface area contributed by atoms with E-state index in [1.165, 1.54) is 0 Å². The number of urea groups is 1. The van der Waals surface area contributed by atoms with Gasteiger partial charge in [0.15, 0.2) is 0 Å². The fourth-order valence-electron chi connectivity index (χ4n) is 6.62. The van der Waals surface area contributed by atoms with Crippen LogP contribution in [0.3, 0.4) is 0 Å². The summed E-state index contributed by atoms with van der Waals surface area (Å²) in [6.45, 7) is 0.578. The van der Waals surface area contributed by atoms with Gasteiger partial charge in [0.2, 0.25) is 0 Å². The van der Waals surface area contributed by atoms with Gasteiger partial charge in [0, 0.05) is 25.5 Å². The molecule has 242 valence electrons. The largest absolute Gasteiger partial charge is 0.388 e. The molecular formula is C39H38N6O3. The van der Waals surface area contributed by atoms with Gasteiger partial charge in [0.1, 0.15) is 12.2 Å². The minimum atomic E-state index is -1.21. The molecule has 7 rings (SSSR count). The van der Waals surface area contributed by atoms with E-state index in [1.807, 2.05) is 121 Å². The molecule has 4 N–H and O–H groups in total. The Morgan fingerprint density at radius 3 is 1.27 bits per heavy atom. The van der Waals surface area contributed by atoms with Crippen LogP contribution in [0.2, 0.25) is 0 Å². The molecule has 3 heterocycles. The Bertz CT molecular complexity index is 1740. The molecule has 1 saturated heterocycles. The summed E-state index contributed by atoms with van der Waals surface area (Å²) in [5.41, 5.74) is 7.57. The van der Waals surface area contributed by atoms with E-state index >= 15 is 0 Å². The molecule has 0 radical (unpaired) electrons. The summed E-state index contributed by atoms with van der Waals surface area (Å²) >= 11 is 0. The van der Waals surface area contributed by atoms with Crippen LogP contribution in [-0.4, -0.2) is 70.7 Å². The number of amides is 2. The standard InChI is InChI=1S/C39H38N6O3/c46-37-35(23-27-11-15-31(16-12-27)33-19-21-40-42-33)44(25-29-7-3-1-4-8-29)39(48)45(26-30-9-5-2-6-10-30)36(38(37)47)24-28-13-17-32(18-14-28)34-20-22-41-43-34/h1-22,35-38,46-47H,23-26H2,(H,40,42)(H,41,43). The van der Waals surface area contributed by atoms with E-state index in [0.29, 0.717) is 12.8 Å². The van der Waals surface area contributed by atoms with Gasteiger partial charge in [-0.15, -0.1) is 0 Å². The van der Waals surface area contributed by atoms with Gasteiger partial charge in [-0.3, -0.25) is 10.2 Å². The highest BCUT2D eigenvalue weighted by molar-refractivity contribution is 5.76. The van der Waals surface area contributed by atoms with Crippen LogP contribution in [0.15, 0.2) is 134 Å². The first-order valence-corrected chi connectivity index (χ1v) is 16.2. The van der Waals surface area contributed by atoms with Crippen molar-refractivity contribution in [2.75, 3.05) is 0 Å². The molecule has 4 unspecified atom stereocenters. The Balaban J connectivity index is 1.25. The number of aromatic nitrogens is 4. The summed E-state index contributed by atoms with van der Waals surface area (Å²) in [6.07, 6.45) is 1.74. The van der Waals surface area contributed by atoms with Crippen molar-refractivity contribution in [1.82, 2.24) is 30.2 Å². The first kappa shape index (κ1) is 31.1. The number of rotatable bonds is 10. The Labute approximate surface area is 279 Å². The highest BCUT2D eigenvalue weighted by Gasteiger charge is 2.46. The molecule has 0 aliphatic carbocycles. The van der Waals surface area contributed by atoms with Gasteiger partial charge < -0.3 is 20.0 Å². The van der Waals surface area contributed by atoms with Gasteiger partial charge in [0.25, 0.3) is 0 Å². The number of benzene rings is 4. The van der Waals surface area contributed by atoms with E-state index in [2.05, 4.69) is 20.4 Å². The third-order valence-electron chi connectivity index (χ3n) is 9.24. The number of H-pyrrole nitrogens is 2. The number of carbonyl (C=O) groups is 1. The first-order valence-electron chi connectivity index (χ1n) is 16.2. The van der Waals surface area contributed by atoms with Crippen molar-refractivity contribution in [1.29, 1.82) is 0 Å². The zero-order valence-electron chi connectivity index (χ0n) is 26.4. The van der Waals surface area contributed by atoms with Crippen LogP contribution in [0.25, 0.3) is 22.5 Å². The van der Waals surface area contributed by atoms with Crippen molar-refractivity contribution in [2.45, 2.75) is 50.2 Å². The molecule has 1 fully saturated rings. The molecule has 0 bridgehead atoms. The quantitative estimate of drug-likeness (QED) is 0.150. The number of hydrogen-bond donors (Lipinski definition) is 4. The lowest BCUT2D eigenvalue weighted by Gasteiger charge is -2.36. The lowest BCUT2D eigenvalue weighted by Crippen LogP contribution is -2.50. The SMILES string of the molecule is O=C1N(Cc2ccccc2)C(Cc2ccc(-c3ccn[nH]3)cc2)C(O)C(O)C(Cc2ccc(-c3ccn[nH]3)cc2)N1Cc1ccccc1. The molecule has 4 aromatic carbocycles. The van der Waals surface area contributed by atoms with Crippen LogP contribution in [0.4, 0.5) is 4.79 Å². The molecule has 2 amide bonds. The lowest BCUT2D eigenvalue weighted by molar-refractivity contribution is -0.0408. The molecule has 48 heavy (non-hydrogen) atoms. The van der Waals surface area contributed by atoms with Gasteiger partial charge >= 0.3 is 6.03 Å². The zero-order chi connectivity index (χ0) is 32.9. The molecular weight excluding hydrogens is 600 g/mol. The highest BCUT2D eigenvalue weighted by Crippen LogP contribution is 2.31. The molecule has 9 nitrogen and oxygen atoms in total. The van der Waals surface area contributed by atoms with E-state index in [1.54, 1.807) is 22.2 Å². The van der Waals surface area contributed by atoms with Crippen LogP contribution < -0.4 is 0 Å². The third-order valence-corrected chi connectivity index (χ3v) is 9.24. The van der Waals surface area contributed by atoms with Crippen LogP contribution in [-0.2, 0) is 25.9 Å². The number of aromatic amines is 2. The van der Waals surface area contributed by atoms with E-state index in [4.69, 9.17) is 0 Å². The lowest BCUT2D eigenvalue weighted by atomic mass is 9.90. The summed E-state index contributed by atoms with van der Waals surface area (Å²) in [4.78, 5) is 18.4. The van der Waals surface area contributed by atoms with Gasteiger partial charge in [-0.2, -0.15) is 10.2 Å². The number of carbonyl (C=O) groups excluding carboxylic acids is 1. The molecule has 1 aliphatic heterocycles. The maximum absolute atomic E-state index is 14.9. The van der Waals surface area contributed by atoms with Gasteiger partial charge in [-0.1, -0.05) is 109 Å². The van der Waals surface area contributed by atoms with E-state index in [-0.39, 0.29) is 19.1 Å². The molecule has 6 aromatic rings. The number of aliphatic hydroxyl groups is 2. The fraction of sp³-hybridized carbons (Fsp3) is 0.205. The first-order chi connectivity index (χ1) is 23.5. The molecule has 2 aromatic heterocycles. The molecule has 0 spiro atoms. The summed E-state index contributed by atoms with van der Waals surface area (Å²) in [5.74, 6) is 0. The van der Waals surface area contributed by atoms with Crippen molar-refractivity contribution in [3.63, 3.8) is 0 Å². The highest BCUT2D eigenvalue weighted by atomic mass is 16.3. The average Bonchev–Trinajstić information content (AvgIpc) is 3.87. The van der Waals surface area contributed by atoms with Crippen molar-refractivity contribution in [3.8, 4) is 22.5 Å². The number of hydrogen-bond acceptors (Lipinski definition) is 5. The summed E-state index contributed by atoms with van der Waals surface area (Å²) in [5, 5.41) is 38.2. The second-order valence-electron chi connectivity index (χ2n) is 12.4. The summed E-state index contributed by atoms with van der Waals surface area (Å²) in [6, 6.07) is 37.9. The third kappa shape index (κ3) is 6.78. The predicted octanol–water partition coefficient (Wildman–Crippen LogP) is 5.85. The molecule has 1 aliphatic rings. The smallest absolute Gasteiger partial charge is 0.321 e. The normalized spacial score (nSPS) is 19.8. The fourth-order valence-corrected chi connectivity index (χ4v) is 6.62. The van der Waals surface area contributed by atoms with Crippen LogP contribution in [0.1, 0.15) is 22.3 Å². The van der Waals surface area contributed by atoms with E-state index in [0.717, 1.165) is 44.8 Å². The molecule has 0 saturated carbocycles. The second-order valence-corrected chi connectivity index (χ2v) is 12.4. The van der Waals surface area contributed by atoms with Gasteiger partial charge in [-0.25, -0.2) is 4.79 Å². The van der Waals surface area contributed by atoms with Crippen LogP contribution in [0, 0.1) is 0 Å². The summed E-state index contributed by atoms with van der Waals surface area (Å²) in [7, 11) is 0. The predicted molar refractivity (Wildman–Crippen MR) is 184 cm³/mol. The minimum absolute atomic E-state index is 0.225. The maximum atomic E-state index is 14.9. The molecule has 9 heteroatoms. The van der Waals surface area contributed by atoms with Crippen molar-refractivity contribution >= 4 is 6.03 Å². The van der Waals surface area contributed by atoms with Crippen molar-refractivity contribution < 1.29 is 15.0 Å². The topological polar surface area (TPSA) is 121 Å². The number of nitrogens with zero attached hydrogens (tertiary/aromatic N) is 4. The van der Waals surface area contributed by atoms with Crippen molar-refractivity contribution in [3.05, 3.63) is 156 Å². The van der Waals surface area contributed by atoms with Crippen LogP contribution >= 0.6 is 0 Å². The minimum Gasteiger partial charge on any atom is -0.388 e.